The van der Waals surface area contributed by atoms with E-state index in [2.05, 4.69) is 54.5 Å². The third-order valence-corrected chi connectivity index (χ3v) is 3.00. The standard InChI is InChI=1S/C15H20N2/c1-3-9-16-12(2)11-15-14-7-5-4-6-13(14)8-10-17-15/h4-8,10,12,16H,3,9,11H2,1-2H3. The number of fused-ring (bicyclic) bond motifs is 1. The van der Waals surface area contributed by atoms with Gasteiger partial charge < -0.3 is 5.32 Å². The molecule has 2 heteroatoms. The van der Waals surface area contributed by atoms with E-state index < -0.39 is 0 Å². The highest BCUT2D eigenvalue weighted by atomic mass is 14.9. The Morgan fingerprint density at radius 2 is 2.06 bits per heavy atom. The number of aromatic nitrogens is 1. The Kier molecular flexibility index (Phi) is 4.10. The Labute approximate surface area is 103 Å². The number of pyridine rings is 1. The van der Waals surface area contributed by atoms with E-state index in [0.717, 1.165) is 13.0 Å². The van der Waals surface area contributed by atoms with Crippen molar-refractivity contribution < 1.29 is 0 Å². The first-order valence-electron chi connectivity index (χ1n) is 6.37. The molecule has 1 aromatic carbocycles. The molecule has 0 amide bonds. The number of hydrogen-bond donors (Lipinski definition) is 1. The molecule has 2 rings (SSSR count). The molecule has 0 bridgehead atoms. The van der Waals surface area contributed by atoms with Gasteiger partial charge in [-0.1, -0.05) is 31.2 Å². The van der Waals surface area contributed by atoms with Crippen LogP contribution in [0.1, 0.15) is 26.0 Å². The molecule has 0 aliphatic rings. The molecular weight excluding hydrogens is 208 g/mol. The van der Waals surface area contributed by atoms with Gasteiger partial charge in [0.1, 0.15) is 0 Å². The van der Waals surface area contributed by atoms with E-state index in [1.54, 1.807) is 0 Å². The van der Waals surface area contributed by atoms with E-state index in [9.17, 15) is 0 Å². The third-order valence-electron chi connectivity index (χ3n) is 3.00. The molecule has 1 atom stereocenters. The second-order valence-corrected chi connectivity index (χ2v) is 4.54. The van der Waals surface area contributed by atoms with E-state index in [1.807, 2.05) is 6.20 Å². The van der Waals surface area contributed by atoms with E-state index in [4.69, 9.17) is 0 Å². The SMILES string of the molecule is CCCNC(C)Cc1nccc2ccccc12. The molecule has 1 aromatic heterocycles. The first-order valence-corrected chi connectivity index (χ1v) is 6.37. The molecule has 1 N–H and O–H groups in total. The van der Waals surface area contributed by atoms with Gasteiger partial charge in [-0.15, -0.1) is 0 Å². The summed E-state index contributed by atoms with van der Waals surface area (Å²) in [7, 11) is 0. The maximum absolute atomic E-state index is 4.51. The summed E-state index contributed by atoms with van der Waals surface area (Å²) in [4.78, 5) is 4.51. The monoisotopic (exact) mass is 228 g/mol. The summed E-state index contributed by atoms with van der Waals surface area (Å²) in [5.41, 5.74) is 1.19. The lowest BCUT2D eigenvalue weighted by Crippen LogP contribution is -2.29. The van der Waals surface area contributed by atoms with E-state index in [1.165, 1.54) is 22.9 Å². The van der Waals surface area contributed by atoms with E-state index >= 15 is 0 Å². The van der Waals surface area contributed by atoms with Crippen molar-refractivity contribution in [3.63, 3.8) is 0 Å². The van der Waals surface area contributed by atoms with Crippen LogP contribution in [0, 0.1) is 0 Å². The minimum atomic E-state index is 0.480. The van der Waals surface area contributed by atoms with Gasteiger partial charge in [-0.3, -0.25) is 4.98 Å². The van der Waals surface area contributed by atoms with Gasteiger partial charge in [0.25, 0.3) is 0 Å². The first-order chi connectivity index (χ1) is 8.31. The largest absolute Gasteiger partial charge is 0.314 e. The van der Waals surface area contributed by atoms with Crippen molar-refractivity contribution in [2.45, 2.75) is 32.7 Å². The molecule has 0 saturated heterocycles. The van der Waals surface area contributed by atoms with Crippen molar-refractivity contribution in [2.75, 3.05) is 6.54 Å². The van der Waals surface area contributed by atoms with Gasteiger partial charge in [0, 0.05) is 29.7 Å². The zero-order chi connectivity index (χ0) is 12.1. The quantitative estimate of drug-likeness (QED) is 0.850. The van der Waals surface area contributed by atoms with Crippen molar-refractivity contribution in [2.24, 2.45) is 0 Å². The molecule has 0 spiro atoms. The third kappa shape index (κ3) is 3.04. The molecule has 0 radical (unpaired) electrons. The van der Waals surface area contributed by atoms with Crippen LogP contribution in [0.4, 0.5) is 0 Å². The second-order valence-electron chi connectivity index (χ2n) is 4.54. The van der Waals surface area contributed by atoms with Crippen molar-refractivity contribution in [3.8, 4) is 0 Å². The Bertz CT molecular complexity index is 474. The lowest BCUT2D eigenvalue weighted by molar-refractivity contribution is 0.540. The molecule has 0 fully saturated rings. The van der Waals surface area contributed by atoms with E-state index in [0.29, 0.717) is 6.04 Å². The maximum atomic E-state index is 4.51. The molecule has 2 nitrogen and oxygen atoms in total. The van der Waals surface area contributed by atoms with Crippen LogP contribution in [0.2, 0.25) is 0 Å². The minimum Gasteiger partial charge on any atom is -0.314 e. The van der Waals surface area contributed by atoms with Gasteiger partial charge in [-0.2, -0.15) is 0 Å². The summed E-state index contributed by atoms with van der Waals surface area (Å²) in [6, 6.07) is 11.0. The molecule has 17 heavy (non-hydrogen) atoms. The number of benzene rings is 1. The van der Waals surface area contributed by atoms with Gasteiger partial charge in [0.05, 0.1) is 0 Å². The second kappa shape index (κ2) is 5.78. The topological polar surface area (TPSA) is 24.9 Å². The fraction of sp³-hybridized carbons (Fsp3) is 0.400. The fourth-order valence-electron chi connectivity index (χ4n) is 2.10. The van der Waals surface area contributed by atoms with Crippen LogP contribution in [0.25, 0.3) is 10.8 Å². The predicted octanol–water partition coefficient (Wildman–Crippen LogP) is 3.17. The van der Waals surface area contributed by atoms with Gasteiger partial charge >= 0.3 is 0 Å². The highest BCUT2D eigenvalue weighted by Crippen LogP contribution is 2.17. The maximum Gasteiger partial charge on any atom is 0.0497 e. The lowest BCUT2D eigenvalue weighted by atomic mass is 10.1. The minimum absolute atomic E-state index is 0.480. The Morgan fingerprint density at radius 3 is 2.88 bits per heavy atom. The molecular formula is C15H20N2. The zero-order valence-corrected chi connectivity index (χ0v) is 10.6. The number of hydrogen-bond acceptors (Lipinski definition) is 2. The Balaban J connectivity index is 2.18. The molecule has 0 aliphatic carbocycles. The summed E-state index contributed by atoms with van der Waals surface area (Å²) in [6.07, 6.45) is 4.07. The normalized spacial score (nSPS) is 12.8. The molecule has 0 aliphatic heterocycles. The fourth-order valence-corrected chi connectivity index (χ4v) is 2.10. The van der Waals surface area contributed by atoms with E-state index in [-0.39, 0.29) is 0 Å². The van der Waals surface area contributed by atoms with Gasteiger partial charge in [-0.25, -0.2) is 0 Å². The summed E-state index contributed by atoms with van der Waals surface area (Å²) in [5, 5.41) is 6.06. The Hall–Kier alpha value is -1.41. The van der Waals surface area contributed by atoms with Crippen LogP contribution < -0.4 is 5.32 Å². The average Bonchev–Trinajstić information content (AvgIpc) is 2.37. The molecule has 0 saturated carbocycles. The zero-order valence-electron chi connectivity index (χ0n) is 10.6. The van der Waals surface area contributed by atoms with Crippen LogP contribution in [-0.2, 0) is 6.42 Å². The highest BCUT2D eigenvalue weighted by Gasteiger charge is 2.06. The lowest BCUT2D eigenvalue weighted by Gasteiger charge is -2.13. The molecule has 1 heterocycles. The summed E-state index contributed by atoms with van der Waals surface area (Å²) < 4.78 is 0. The van der Waals surface area contributed by atoms with Gasteiger partial charge in [0.2, 0.25) is 0 Å². The molecule has 90 valence electrons. The van der Waals surface area contributed by atoms with Crippen LogP contribution in [-0.4, -0.2) is 17.6 Å². The van der Waals surface area contributed by atoms with Crippen molar-refractivity contribution >= 4 is 10.8 Å². The van der Waals surface area contributed by atoms with Crippen molar-refractivity contribution in [3.05, 3.63) is 42.2 Å². The highest BCUT2D eigenvalue weighted by molar-refractivity contribution is 5.84. The van der Waals surface area contributed by atoms with Crippen LogP contribution in [0.15, 0.2) is 36.5 Å². The summed E-state index contributed by atoms with van der Waals surface area (Å²) in [6.45, 7) is 5.49. The summed E-state index contributed by atoms with van der Waals surface area (Å²) in [5.74, 6) is 0. The van der Waals surface area contributed by atoms with Gasteiger partial charge in [-0.05, 0) is 31.3 Å². The number of nitrogens with zero attached hydrogens (tertiary/aromatic N) is 1. The average molecular weight is 228 g/mol. The smallest absolute Gasteiger partial charge is 0.0497 e. The molecule has 1 unspecified atom stereocenters. The number of nitrogens with one attached hydrogen (secondary N) is 1. The van der Waals surface area contributed by atoms with Crippen molar-refractivity contribution in [1.29, 1.82) is 0 Å². The Morgan fingerprint density at radius 1 is 1.24 bits per heavy atom. The first kappa shape index (κ1) is 12.1. The predicted molar refractivity (Wildman–Crippen MR) is 73.2 cm³/mol. The van der Waals surface area contributed by atoms with Crippen LogP contribution >= 0.6 is 0 Å². The van der Waals surface area contributed by atoms with Crippen LogP contribution in [0.5, 0.6) is 0 Å². The van der Waals surface area contributed by atoms with Gasteiger partial charge in [0.15, 0.2) is 0 Å². The molecule has 2 aromatic rings. The summed E-state index contributed by atoms with van der Waals surface area (Å²) >= 11 is 0. The number of rotatable bonds is 5. The van der Waals surface area contributed by atoms with Crippen molar-refractivity contribution in [1.82, 2.24) is 10.3 Å². The van der Waals surface area contributed by atoms with Crippen LogP contribution in [0.3, 0.4) is 0 Å².